The van der Waals surface area contributed by atoms with Gasteiger partial charge in [0.2, 0.25) is 5.91 Å². The van der Waals surface area contributed by atoms with E-state index in [0.717, 1.165) is 5.56 Å². The summed E-state index contributed by atoms with van der Waals surface area (Å²) in [5.74, 6) is 0.709. The first-order chi connectivity index (χ1) is 20.4. The van der Waals surface area contributed by atoms with Crippen molar-refractivity contribution in [2.45, 2.75) is 19.5 Å². The van der Waals surface area contributed by atoms with Gasteiger partial charge in [-0.15, -0.1) is 0 Å². The quantitative estimate of drug-likeness (QED) is 0.384. The van der Waals surface area contributed by atoms with Gasteiger partial charge >= 0.3 is 0 Å². The van der Waals surface area contributed by atoms with Gasteiger partial charge in [-0.05, 0) is 37.3 Å². The second-order valence-corrected chi connectivity index (χ2v) is 9.58. The highest BCUT2D eigenvalue weighted by atomic mass is 16.5. The third kappa shape index (κ3) is 6.54. The Hall–Kier alpha value is -5.26. The average molecular weight is 570 g/mol. The van der Waals surface area contributed by atoms with E-state index in [1.807, 2.05) is 30.3 Å². The van der Waals surface area contributed by atoms with Gasteiger partial charge in [0.15, 0.2) is 17.3 Å². The Kier molecular flexibility index (Phi) is 8.71. The number of aromatic nitrogens is 4. The molecule has 2 aromatic heterocycles. The number of ether oxygens (including phenoxy) is 2. The molecule has 1 atom stereocenters. The maximum Gasteiger partial charge on any atom is 0.272 e. The van der Waals surface area contributed by atoms with E-state index in [9.17, 15) is 14.4 Å². The summed E-state index contributed by atoms with van der Waals surface area (Å²) < 4.78 is 13.1. The zero-order valence-electron chi connectivity index (χ0n) is 23.3. The lowest BCUT2D eigenvalue weighted by molar-refractivity contribution is -0.122. The van der Waals surface area contributed by atoms with Crippen molar-refractivity contribution in [3.05, 3.63) is 90.0 Å². The monoisotopic (exact) mass is 569 g/mol. The lowest BCUT2D eigenvalue weighted by Crippen LogP contribution is -2.45. The van der Waals surface area contributed by atoms with E-state index in [4.69, 9.17) is 14.5 Å². The minimum absolute atomic E-state index is 0.0802. The van der Waals surface area contributed by atoms with Crippen LogP contribution in [-0.4, -0.2) is 75.7 Å². The molecule has 1 aliphatic rings. The maximum atomic E-state index is 13.3. The molecule has 2 N–H and O–H groups in total. The molecular weight excluding hydrogens is 538 g/mol. The second-order valence-electron chi connectivity index (χ2n) is 9.58. The van der Waals surface area contributed by atoms with E-state index in [-0.39, 0.29) is 37.8 Å². The van der Waals surface area contributed by atoms with E-state index in [0.29, 0.717) is 35.3 Å². The van der Waals surface area contributed by atoms with Crippen molar-refractivity contribution in [1.29, 1.82) is 0 Å². The molecule has 5 rings (SSSR count). The van der Waals surface area contributed by atoms with Gasteiger partial charge in [0.1, 0.15) is 18.1 Å². The van der Waals surface area contributed by atoms with Crippen LogP contribution in [0.5, 0.6) is 11.5 Å². The molecule has 12 heteroatoms. The van der Waals surface area contributed by atoms with Gasteiger partial charge in [-0.1, -0.05) is 36.4 Å². The average Bonchev–Trinajstić information content (AvgIpc) is 3.45. The molecule has 42 heavy (non-hydrogen) atoms. The van der Waals surface area contributed by atoms with Crippen LogP contribution in [0.25, 0.3) is 11.4 Å². The molecule has 216 valence electrons. The van der Waals surface area contributed by atoms with E-state index < -0.39 is 17.9 Å². The number of amides is 3. The van der Waals surface area contributed by atoms with Gasteiger partial charge in [-0.2, -0.15) is 5.10 Å². The lowest BCUT2D eigenvalue weighted by Gasteiger charge is -2.23. The third-order valence-corrected chi connectivity index (χ3v) is 6.66. The predicted molar refractivity (Wildman–Crippen MR) is 153 cm³/mol. The van der Waals surface area contributed by atoms with Gasteiger partial charge in [-0.3, -0.25) is 19.4 Å². The summed E-state index contributed by atoms with van der Waals surface area (Å²) in [7, 11) is 1.52. The molecule has 0 radical (unpaired) electrons. The van der Waals surface area contributed by atoms with Gasteiger partial charge in [-0.25, -0.2) is 9.67 Å². The van der Waals surface area contributed by atoms with Crippen molar-refractivity contribution in [2.24, 2.45) is 0 Å². The highest BCUT2D eigenvalue weighted by Crippen LogP contribution is 2.28. The van der Waals surface area contributed by atoms with Crippen molar-refractivity contribution < 1.29 is 23.9 Å². The Morgan fingerprint density at radius 1 is 1.02 bits per heavy atom. The summed E-state index contributed by atoms with van der Waals surface area (Å²) in [5.41, 5.74) is 1.38. The summed E-state index contributed by atoms with van der Waals surface area (Å²) in [6, 6.07) is 18.9. The zero-order chi connectivity index (χ0) is 29.5. The first-order valence-corrected chi connectivity index (χ1v) is 13.5. The second kappa shape index (κ2) is 12.9. The number of nitrogens with one attached hydrogen (secondary N) is 2. The van der Waals surface area contributed by atoms with Crippen LogP contribution in [0.2, 0.25) is 0 Å². The summed E-state index contributed by atoms with van der Waals surface area (Å²) >= 11 is 0. The molecule has 1 aliphatic heterocycles. The van der Waals surface area contributed by atoms with Crippen molar-refractivity contribution in [2.75, 3.05) is 33.4 Å². The van der Waals surface area contributed by atoms with Gasteiger partial charge in [0.05, 0.1) is 26.2 Å². The Morgan fingerprint density at radius 2 is 1.83 bits per heavy atom. The number of carbonyl (C=O) groups excluding carboxylic acids is 3. The fourth-order valence-corrected chi connectivity index (χ4v) is 4.56. The molecule has 0 fully saturated rings. The number of carbonyl (C=O) groups is 3. The minimum atomic E-state index is -0.539. The van der Waals surface area contributed by atoms with Crippen molar-refractivity contribution in [3.8, 4) is 22.9 Å². The van der Waals surface area contributed by atoms with Crippen LogP contribution in [0.3, 0.4) is 0 Å². The molecular formula is C30H31N7O5. The number of benzene rings is 2. The number of pyridine rings is 1. The summed E-state index contributed by atoms with van der Waals surface area (Å²) in [6.07, 6.45) is 1.51. The van der Waals surface area contributed by atoms with Crippen molar-refractivity contribution in [3.63, 3.8) is 0 Å². The Bertz CT molecular complexity index is 1560. The summed E-state index contributed by atoms with van der Waals surface area (Å²) in [5, 5.41) is 10.4. The Balaban J connectivity index is 1.48. The molecule has 0 saturated heterocycles. The number of fused-ring (bicyclic) bond motifs is 3. The number of rotatable bonds is 3. The smallest absolute Gasteiger partial charge is 0.272 e. The highest BCUT2D eigenvalue weighted by Gasteiger charge is 2.24. The van der Waals surface area contributed by atoms with E-state index in [1.165, 1.54) is 18.2 Å². The zero-order valence-corrected chi connectivity index (χ0v) is 23.3. The maximum absolute atomic E-state index is 13.3. The highest BCUT2D eigenvalue weighted by molar-refractivity contribution is 5.96. The summed E-state index contributed by atoms with van der Waals surface area (Å²) in [4.78, 5) is 49.7. The molecule has 3 amide bonds. The normalized spacial score (nSPS) is 16.3. The Morgan fingerprint density at radius 3 is 2.60 bits per heavy atom. The number of hydrogen-bond donors (Lipinski definition) is 2. The van der Waals surface area contributed by atoms with Gasteiger partial charge in [0.25, 0.3) is 11.8 Å². The molecule has 12 nitrogen and oxygen atoms in total. The first kappa shape index (κ1) is 28.3. The molecule has 3 heterocycles. The molecule has 0 aliphatic carbocycles. The van der Waals surface area contributed by atoms with Crippen LogP contribution in [0, 0.1) is 0 Å². The SMILES string of the molecule is COc1ccc2cc1OCCn1nc(-c3ccccc3)nc1[C@@H](C)NC(=O)CN(C(=O)c1ccccn1)CCNC2=O. The Labute approximate surface area is 242 Å². The van der Waals surface area contributed by atoms with E-state index in [1.54, 1.807) is 48.0 Å². The van der Waals surface area contributed by atoms with Crippen LogP contribution < -0.4 is 20.1 Å². The molecule has 0 spiro atoms. The number of nitrogens with zero attached hydrogens (tertiary/aromatic N) is 5. The predicted octanol–water partition coefficient (Wildman–Crippen LogP) is 2.49. The topological polar surface area (TPSA) is 141 Å². The fourth-order valence-electron chi connectivity index (χ4n) is 4.56. The van der Waals surface area contributed by atoms with Crippen LogP contribution in [-0.2, 0) is 11.3 Å². The van der Waals surface area contributed by atoms with Crippen LogP contribution in [0.15, 0.2) is 72.9 Å². The molecule has 2 aromatic carbocycles. The first-order valence-electron chi connectivity index (χ1n) is 13.5. The van der Waals surface area contributed by atoms with Crippen LogP contribution >= 0.6 is 0 Å². The van der Waals surface area contributed by atoms with Crippen molar-refractivity contribution in [1.82, 2.24) is 35.3 Å². The third-order valence-electron chi connectivity index (χ3n) is 6.66. The molecule has 0 unspecified atom stereocenters. The lowest BCUT2D eigenvalue weighted by atomic mass is 10.2. The molecule has 4 aromatic rings. The van der Waals surface area contributed by atoms with Crippen molar-refractivity contribution >= 4 is 17.7 Å². The fraction of sp³-hybridized carbons (Fsp3) is 0.267. The molecule has 0 saturated carbocycles. The van der Waals surface area contributed by atoms with Crippen LogP contribution in [0.1, 0.15) is 39.6 Å². The van der Waals surface area contributed by atoms with E-state index in [2.05, 4.69) is 20.7 Å². The number of hydrogen-bond acceptors (Lipinski definition) is 8. The molecule has 2 bridgehead atoms. The van der Waals surface area contributed by atoms with Gasteiger partial charge in [0, 0.05) is 30.4 Å². The summed E-state index contributed by atoms with van der Waals surface area (Å²) in [6.45, 7) is 2.25. The minimum Gasteiger partial charge on any atom is -0.493 e. The van der Waals surface area contributed by atoms with Crippen LogP contribution in [0.4, 0.5) is 0 Å². The standard InChI is InChI=1S/C30H31N7O5/c1-20-28-34-27(21-8-4-3-5-9-21)35-37(28)16-17-42-25-18-22(11-12-24(25)41-2)29(39)32-14-15-36(19-26(38)33-20)30(40)23-10-6-7-13-31-23/h3-13,18,20H,14-17,19H2,1-2H3,(H,32,39)(H,33,38)/t20-/m1/s1. The van der Waals surface area contributed by atoms with Gasteiger partial charge < -0.3 is 25.0 Å². The van der Waals surface area contributed by atoms with E-state index >= 15 is 0 Å². The largest absolute Gasteiger partial charge is 0.493 e. The number of methoxy groups -OCH3 is 1.